The van der Waals surface area contributed by atoms with Crippen molar-refractivity contribution in [2.75, 3.05) is 0 Å². The first-order valence-electron chi connectivity index (χ1n) is 7.34. The topological polar surface area (TPSA) is 29.9 Å². The maximum Gasteiger partial charge on any atom is 0.0644 e. The molecule has 0 spiro atoms. The molecule has 2 unspecified atom stereocenters. The summed E-state index contributed by atoms with van der Waals surface area (Å²) in [5.41, 5.74) is 3.88. The second-order valence-corrected chi connectivity index (χ2v) is 5.77. The molecule has 1 fully saturated rings. The van der Waals surface area contributed by atoms with Gasteiger partial charge in [-0.15, -0.1) is 0 Å². The van der Waals surface area contributed by atoms with Gasteiger partial charge in [0.1, 0.15) is 0 Å². The first kappa shape index (κ1) is 13.6. The molecule has 0 saturated heterocycles. The fraction of sp³-hybridized carbons (Fsp3) is 0.800. The van der Waals surface area contributed by atoms with Crippen LogP contribution < -0.4 is 5.32 Å². The quantitative estimate of drug-likeness (QED) is 0.867. The lowest BCUT2D eigenvalue weighted by atomic mass is 9.80. The molecule has 0 aromatic carbocycles. The Bertz CT molecular complexity index is 404. The van der Waals surface area contributed by atoms with Gasteiger partial charge in [-0.2, -0.15) is 5.10 Å². The van der Waals surface area contributed by atoms with E-state index < -0.39 is 0 Å². The molecule has 3 heteroatoms. The van der Waals surface area contributed by atoms with Crippen molar-refractivity contribution in [2.45, 2.75) is 72.5 Å². The highest BCUT2D eigenvalue weighted by atomic mass is 15.3. The molecule has 1 saturated carbocycles. The third kappa shape index (κ3) is 2.46. The fourth-order valence-electron chi connectivity index (χ4n) is 3.20. The van der Waals surface area contributed by atoms with E-state index in [1.807, 2.05) is 0 Å². The van der Waals surface area contributed by atoms with Crippen LogP contribution in [0.2, 0.25) is 0 Å². The highest BCUT2D eigenvalue weighted by Crippen LogP contribution is 2.31. The van der Waals surface area contributed by atoms with E-state index in [1.165, 1.54) is 36.2 Å². The summed E-state index contributed by atoms with van der Waals surface area (Å²) in [4.78, 5) is 0. The van der Waals surface area contributed by atoms with Crippen LogP contribution in [0.15, 0.2) is 0 Å². The third-order valence-electron chi connectivity index (χ3n) is 4.54. The summed E-state index contributed by atoms with van der Waals surface area (Å²) in [6, 6.07) is 1.03. The molecule has 1 aliphatic rings. The van der Waals surface area contributed by atoms with Crippen molar-refractivity contribution in [2.24, 2.45) is 5.92 Å². The van der Waals surface area contributed by atoms with E-state index in [1.54, 1.807) is 0 Å². The smallest absolute Gasteiger partial charge is 0.0644 e. The Morgan fingerprint density at radius 1 is 1.33 bits per heavy atom. The van der Waals surface area contributed by atoms with Crippen molar-refractivity contribution in [3.05, 3.63) is 17.0 Å². The largest absolute Gasteiger partial charge is 0.307 e. The lowest BCUT2D eigenvalue weighted by molar-refractivity contribution is 0.229. The van der Waals surface area contributed by atoms with Crippen molar-refractivity contribution in [1.82, 2.24) is 15.1 Å². The van der Waals surface area contributed by atoms with Crippen molar-refractivity contribution in [1.29, 1.82) is 0 Å². The number of hydrogen-bond donors (Lipinski definition) is 1. The zero-order chi connectivity index (χ0) is 13.3. The molecule has 2 atom stereocenters. The number of aromatic nitrogens is 2. The van der Waals surface area contributed by atoms with Gasteiger partial charge in [0.2, 0.25) is 0 Å². The zero-order valence-corrected chi connectivity index (χ0v) is 12.5. The standard InChI is InChI=1S/C15H27N3/c1-6-18-13(5)15(12(4)17-18)11(3)16-10(2)14-8-7-9-14/h10-11,14,16H,6-9H2,1-5H3. The van der Waals surface area contributed by atoms with Gasteiger partial charge in [-0.05, 0) is 53.4 Å². The lowest BCUT2D eigenvalue weighted by Gasteiger charge is -2.34. The predicted molar refractivity (Wildman–Crippen MR) is 75.7 cm³/mol. The van der Waals surface area contributed by atoms with Crippen molar-refractivity contribution in [3.8, 4) is 0 Å². The molecule has 18 heavy (non-hydrogen) atoms. The molecular formula is C15H27N3. The molecule has 1 aromatic rings. The molecule has 0 radical (unpaired) electrons. The van der Waals surface area contributed by atoms with E-state index >= 15 is 0 Å². The molecule has 3 nitrogen and oxygen atoms in total. The summed E-state index contributed by atoms with van der Waals surface area (Å²) < 4.78 is 2.11. The van der Waals surface area contributed by atoms with Crippen LogP contribution in [0.4, 0.5) is 0 Å². The van der Waals surface area contributed by atoms with E-state index in [0.717, 1.165) is 12.5 Å². The van der Waals surface area contributed by atoms with Gasteiger partial charge in [0, 0.05) is 29.9 Å². The number of rotatable bonds is 5. The predicted octanol–water partition coefficient (Wildman–Crippen LogP) is 3.36. The average Bonchev–Trinajstić information content (AvgIpc) is 2.50. The Hall–Kier alpha value is -0.830. The second kappa shape index (κ2) is 5.43. The number of nitrogens with one attached hydrogen (secondary N) is 1. The van der Waals surface area contributed by atoms with Gasteiger partial charge in [0.25, 0.3) is 0 Å². The Labute approximate surface area is 111 Å². The van der Waals surface area contributed by atoms with Crippen LogP contribution in [0, 0.1) is 19.8 Å². The van der Waals surface area contributed by atoms with Gasteiger partial charge >= 0.3 is 0 Å². The van der Waals surface area contributed by atoms with Crippen LogP contribution in [-0.4, -0.2) is 15.8 Å². The number of hydrogen-bond acceptors (Lipinski definition) is 2. The van der Waals surface area contributed by atoms with Gasteiger partial charge in [-0.25, -0.2) is 0 Å². The first-order valence-corrected chi connectivity index (χ1v) is 7.34. The van der Waals surface area contributed by atoms with Crippen molar-refractivity contribution in [3.63, 3.8) is 0 Å². The molecule has 0 bridgehead atoms. The zero-order valence-electron chi connectivity index (χ0n) is 12.5. The molecule has 0 amide bonds. The van der Waals surface area contributed by atoms with Gasteiger partial charge in [0.15, 0.2) is 0 Å². The second-order valence-electron chi connectivity index (χ2n) is 5.77. The van der Waals surface area contributed by atoms with Gasteiger partial charge < -0.3 is 5.32 Å². The van der Waals surface area contributed by atoms with Crippen LogP contribution in [0.25, 0.3) is 0 Å². The van der Waals surface area contributed by atoms with E-state index in [0.29, 0.717) is 12.1 Å². The fourth-order valence-corrected chi connectivity index (χ4v) is 3.20. The Balaban J connectivity index is 2.07. The van der Waals surface area contributed by atoms with Crippen molar-refractivity contribution < 1.29 is 0 Å². The Morgan fingerprint density at radius 2 is 2.00 bits per heavy atom. The minimum Gasteiger partial charge on any atom is -0.307 e. The summed E-state index contributed by atoms with van der Waals surface area (Å²) >= 11 is 0. The molecule has 1 heterocycles. The number of nitrogens with zero attached hydrogens (tertiary/aromatic N) is 2. The van der Waals surface area contributed by atoms with E-state index in [4.69, 9.17) is 0 Å². The Kier molecular flexibility index (Phi) is 4.10. The Morgan fingerprint density at radius 3 is 2.44 bits per heavy atom. The molecule has 0 aliphatic heterocycles. The number of aryl methyl sites for hydroxylation is 2. The minimum absolute atomic E-state index is 0.404. The van der Waals surface area contributed by atoms with Crippen molar-refractivity contribution >= 4 is 0 Å². The summed E-state index contributed by atoms with van der Waals surface area (Å²) in [6.45, 7) is 12.0. The summed E-state index contributed by atoms with van der Waals surface area (Å²) in [5.74, 6) is 0.884. The molecule has 102 valence electrons. The van der Waals surface area contributed by atoms with Gasteiger partial charge in [0.05, 0.1) is 5.69 Å². The third-order valence-corrected chi connectivity index (χ3v) is 4.54. The van der Waals surface area contributed by atoms with E-state index in [9.17, 15) is 0 Å². The van der Waals surface area contributed by atoms with Crippen LogP contribution in [0.5, 0.6) is 0 Å². The molecule has 1 aromatic heterocycles. The van der Waals surface area contributed by atoms with Gasteiger partial charge in [-0.1, -0.05) is 6.42 Å². The van der Waals surface area contributed by atoms with Gasteiger partial charge in [-0.3, -0.25) is 4.68 Å². The normalized spacial score (nSPS) is 19.6. The van der Waals surface area contributed by atoms with Crippen LogP contribution >= 0.6 is 0 Å². The summed E-state index contributed by atoms with van der Waals surface area (Å²) in [7, 11) is 0. The summed E-state index contributed by atoms with van der Waals surface area (Å²) in [6.07, 6.45) is 4.21. The first-order chi connectivity index (χ1) is 8.54. The van der Waals surface area contributed by atoms with E-state index in [2.05, 4.69) is 49.7 Å². The maximum atomic E-state index is 4.61. The monoisotopic (exact) mass is 249 g/mol. The van der Waals surface area contributed by atoms with Crippen LogP contribution in [-0.2, 0) is 6.54 Å². The van der Waals surface area contributed by atoms with Crippen LogP contribution in [0.1, 0.15) is 63.0 Å². The lowest BCUT2D eigenvalue weighted by Crippen LogP contribution is -2.38. The van der Waals surface area contributed by atoms with Crippen LogP contribution in [0.3, 0.4) is 0 Å². The highest BCUT2D eigenvalue weighted by Gasteiger charge is 2.26. The molecule has 2 rings (SSSR count). The summed E-state index contributed by atoms with van der Waals surface area (Å²) in [5, 5.41) is 8.38. The minimum atomic E-state index is 0.404. The maximum absolute atomic E-state index is 4.61. The average molecular weight is 249 g/mol. The van der Waals surface area contributed by atoms with E-state index in [-0.39, 0.29) is 0 Å². The molecular weight excluding hydrogens is 222 g/mol. The SMILES string of the molecule is CCn1nc(C)c(C(C)NC(C)C2CCC2)c1C. The molecule has 1 aliphatic carbocycles. The molecule has 1 N–H and O–H groups in total. The highest BCUT2D eigenvalue weighted by molar-refractivity contribution is 5.27.